The van der Waals surface area contributed by atoms with Crippen LogP contribution in [0.5, 0.6) is 0 Å². The van der Waals surface area contributed by atoms with Crippen LogP contribution in [-0.2, 0) is 4.84 Å². The van der Waals surface area contributed by atoms with Crippen LogP contribution in [0.3, 0.4) is 0 Å². The number of hydrogen-bond acceptors (Lipinski definition) is 3. The topological polar surface area (TPSA) is 52.4 Å². The molecule has 0 bridgehead atoms. The molecule has 0 radical (unpaired) electrons. The van der Waals surface area contributed by atoms with Crippen LogP contribution in [0.2, 0.25) is 0 Å². The molecule has 4 heteroatoms. The fraction of sp³-hybridized carbons (Fsp3) is 0.636. The molecule has 0 fully saturated rings. The summed E-state index contributed by atoms with van der Waals surface area (Å²) in [7, 11) is 0. The first-order valence-corrected chi connectivity index (χ1v) is 5.11. The molecule has 0 aromatic carbocycles. The second-order valence-corrected chi connectivity index (χ2v) is 2.47. The van der Waals surface area contributed by atoms with Crippen molar-refractivity contribution in [3.63, 3.8) is 0 Å². The lowest BCUT2D eigenvalue weighted by Gasteiger charge is -1.83. The van der Waals surface area contributed by atoms with E-state index in [1.54, 1.807) is 19.1 Å². The van der Waals surface area contributed by atoms with Crippen molar-refractivity contribution < 1.29 is 9.92 Å². The molecular formula is C11H23NO3. The average molecular weight is 217 g/mol. The number of allylic oxidation sites excluding steroid dienone is 2. The van der Waals surface area contributed by atoms with E-state index in [1.165, 1.54) is 19.3 Å². The highest BCUT2D eigenvalue weighted by Gasteiger charge is 1.83. The van der Waals surface area contributed by atoms with Crippen molar-refractivity contribution in [1.29, 1.82) is 0 Å². The first kappa shape index (κ1) is 19.3. The summed E-state index contributed by atoms with van der Waals surface area (Å²) in [5, 5.41) is 8.36. The van der Waals surface area contributed by atoms with Gasteiger partial charge in [-0.25, -0.2) is 0 Å². The van der Waals surface area contributed by atoms with E-state index >= 15 is 0 Å². The minimum atomic E-state index is -0.819. The molecule has 0 rings (SSSR count). The average Bonchev–Trinajstić information content (AvgIpc) is 2.20. The minimum Gasteiger partial charge on any atom is -0.314 e. The minimum absolute atomic E-state index is 0.132. The van der Waals surface area contributed by atoms with Gasteiger partial charge in [-0.2, -0.15) is 0 Å². The lowest BCUT2D eigenvalue weighted by molar-refractivity contribution is -0.756. The molecular weight excluding hydrogens is 194 g/mol. The zero-order chi connectivity index (χ0) is 12.5. The van der Waals surface area contributed by atoms with E-state index in [4.69, 9.17) is 0 Å². The second kappa shape index (κ2) is 23.0. The van der Waals surface area contributed by atoms with Gasteiger partial charge in [0.25, 0.3) is 5.09 Å². The summed E-state index contributed by atoms with van der Waals surface area (Å²) in [6, 6.07) is 0. The molecule has 0 amide bonds. The van der Waals surface area contributed by atoms with Crippen LogP contribution in [0.25, 0.3) is 0 Å². The molecule has 0 aromatic heterocycles. The Morgan fingerprint density at radius 1 is 1.20 bits per heavy atom. The molecule has 0 aliphatic heterocycles. The lowest BCUT2D eigenvalue weighted by Crippen LogP contribution is -1.97. The molecule has 0 saturated carbocycles. The van der Waals surface area contributed by atoms with Gasteiger partial charge >= 0.3 is 0 Å². The van der Waals surface area contributed by atoms with E-state index in [1.807, 2.05) is 0 Å². The monoisotopic (exact) mass is 217 g/mol. The van der Waals surface area contributed by atoms with Gasteiger partial charge in [-0.15, -0.1) is 10.1 Å². The van der Waals surface area contributed by atoms with Gasteiger partial charge in [-0.05, 0) is 6.92 Å². The van der Waals surface area contributed by atoms with Gasteiger partial charge in [0.1, 0.15) is 0 Å². The highest BCUT2D eigenvalue weighted by atomic mass is 16.9. The third-order valence-corrected chi connectivity index (χ3v) is 1.11. The SMILES string of the molecule is C=CC=C.CCCCC.CCO[N+](=O)[O-]. The van der Waals surface area contributed by atoms with Gasteiger partial charge in [-0.1, -0.05) is 58.4 Å². The summed E-state index contributed by atoms with van der Waals surface area (Å²) in [5.74, 6) is 0. The van der Waals surface area contributed by atoms with Gasteiger partial charge in [-0.3, -0.25) is 0 Å². The summed E-state index contributed by atoms with van der Waals surface area (Å²) in [4.78, 5) is 12.9. The summed E-state index contributed by atoms with van der Waals surface area (Å²) in [5.41, 5.74) is 0. The van der Waals surface area contributed by atoms with E-state index in [-0.39, 0.29) is 6.61 Å². The first-order chi connectivity index (χ1) is 7.10. The van der Waals surface area contributed by atoms with Crippen LogP contribution in [0.4, 0.5) is 0 Å². The molecule has 15 heavy (non-hydrogen) atoms. The Hall–Kier alpha value is -1.32. The van der Waals surface area contributed by atoms with Crippen molar-refractivity contribution in [2.75, 3.05) is 6.61 Å². The molecule has 0 heterocycles. The molecule has 4 nitrogen and oxygen atoms in total. The standard InChI is InChI=1S/C5H12.C4H6.C2H5NO3/c1-3-5-4-2;1-3-4-2;1-2-6-3(4)5/h3-5H2,1-2H3;3-4H,1-2H2;2H2,1H3. The third-order valence-electron chi connectivity index (χ3n) is 1.11. The molecule has 0 saturated heterocycles. The Morgan fingerprint density at radius 3 is 1.60 bits per heavy atom. The number of unbranched alkanes of at least 4 members (excludes halogenated alkanes) is 2. The van der Waals surface area contributed by atoms with Crippen molar-refractivity contribution in [1.82, 2.24) is 0 Å². The molecule has 0 spiro atoms. The van der Waals surface area contributed by atoms with Crippen LogP contribution in [0, 0.1) is 10.1 Å². The Labute approximate surface area is 92.7 Å². The van der Waals surface area contributed by atoms with E-state index < -0.39 is 5.09 Å². The predicted molar refractivity (Wildman–Crippen MR) is 64.2 cm³/mol. The predicted octanol–water partition coefficient (Wildman–Crippen LogP) is 3.77. The van der Waals surface area contributed by atoms with Crippen LogP contribution in [0.15, 0.2) is 25.3 Å². The smallest absolute Gasteiger partial charge is 0.294 e. The number of hydrogen-bond donors (Lipinski definition) is 0. The van der Waals surface area contributed by atoms with Crippen molar-refractivity contribution in [2.45, 2.75) is 40.0 Å². The first-order valence-electron chi connectivity index (χ1n) is 5.11. The van der Waals surface area contributed by atoms with E-state index in [0.29, 0.717) is 0 Å². The fourth-order valence-electron chi connectivity index (χ4n) is 0.459. The number of rotatable bonds is 5. The van der Waals surface area contributed by atoms with Crippen LogP contribution in [0.1, 0.15) is 40.0 Å². The Kier molecular flexibility index (Phi) is 29.5. The van der Waals surface area contributed by atoms with E-state index in [9.17, 15) is 10.1 Å². The summed E-state index contributed by atoms with van der Waals surface area (Å²) < 4.78 is 0. The van der Waals surface area contributed by atoms with Crippen molar-refractivity contribution in [2.24, 2.45) is 0 Å². The molecule has 0 aliphatic carbocycles. The number of nitrogens with zero attached hydrogens (tertiary/aromatic N) is 1. The molecule has 90 valence electrons. The Bertz CT molecular complexity index is 139. The summed E-state index contributed by atoms with van der Waals surface area (Å²) >= 11 is 0. The Morgan fingerprint density at radius 2 is 1.60 bits per heavy atom. The maximum atomic E-state index is 9.18. The molecule has 0 N–H and O–H groups in total. The van der Waals surface area contributed by atoms with Gasteiger partial charge in [0.15, 0.2) is 0 Å². The third kappa shape index (κ3) is 66.0. The maximum Gasteiger partial charge on any atom is 0.294 e. The molecule has 0 aliphatic rings. The van der Waals surface area contributed by atoms with Crippen LogP contribution < -0.4 is 0 Å². The lowest BCUT2D eigenvalue weighted by atomic mass is 10.3. The fourth-order valence-corrected chi connectivity index (χ4v) is 0.459. The van der Waals surface area contributed by atoms with Crippen LogP contribution in [-0.4, -0.2) is 11.7 Å². The highest BCUT2D eigenvalue weighted by molar-refractivity contribution is 4.88. The second-order valence-electron chi connectivity index (χ2n) is 2.47. The zero-order valence-corrected chi connectivity index (χ0v) is 10.1. The quantitative estimate of drug-likeness (QED) is 0.400. The van der Waals surface area contributed by atoms with Gasteiger partial charge in [0, 0.05) is 0 Å². The van der Waals surface area contributed by atoms with Gasteiger partial charge in [0.2, 0.25) is 0 Å². The highest BCUT2D eigenvalue weighted by Crippen LogP contribution is 1.88. The normalized spacial score (nSPS) is 7.13. The Balaban J connectivity index is -0.000000147. The van der Waals surface area contributed by atoms with Crippen LogP contribution >= 0.6 is 0 Å². The summed E-state index contributed by atoms with van der Waals surface area (Å²) in [6.45, 7) is 12.8. The van der Waals surface area contributed by atoms with Crippen molar-refractivity contribution in [3.8, 4) is 0 Å². The van der Waals surface area contributed by atoms with Crippen molar-refractivity contribution in [3.05, 3.63) is 35.4 Å². The van der Waals surface area contributed by atoms with Gasteiger partial charge in [0.05, 0.1) is 6.61 Å². The largest absolute Gasteiger partial charge is 0.314 e. The van der Waals surface area contributed by atoms with Crippen molar-refractivity contribution >= 4 is 0 Å². The molecule has 0 unspecified atom stereocenters. The maximum absolute atomic E-state index is 9.18. The summed E-state index contributed by atoms with van der Waals surface area (Å²) in [6.07, 6.45) is 7.35. The molecule has 0 aromatic rings. The van der Waals surface area contributed by atoms with E-state index in [2.05, 4.69) is 31.8 Å². The zero-order valence-electron chi connectivity index (χ0n) is 10.1. The van der Waals surface area contributed by atoms with E-state index in [0.717, 1.165) is 0 Å². The van der Waals surface area contributed by atoms with Gasteiger partial charge < -0.3 is 4.84 Å². The molecule has 0 atom stereocenters.